The number of amides is 1. The van der Waals surface area contributed by atoms with Gasteiger partial charge in [-0.05, 0) is 42.0 Å². The van der Waals surface area contributed by atoms with E-state index in [4.69, 9.17) is 30.5 Å². The highest BCUT2D eigenvalue weighted by Gasteiger charge is 2.27. The van der Waals surface area contributed by atoms with Crippen LogP contribution in [0.15, 0.2) is 47.4 Å². The summed E-state index contributed by atoms with van der Waals surface area (Å²) in [6.45, 7) is 0.660. The van der Waals surface area contributed by atoms with Gasteiger partial charge in [-0.3, -0.25) is 4.79 Å². The molecule has 34 heavy (non-hydrogen) atoms. The van der Waals surface area contributed by atoms with Crippen molar-refractivity contribution in [1.29, 1.82) is 0 Å². The highest BCUT2D eigenvalue weighted by atomic mass is 35.5. The Morgan fingerprint density at radius 1 is 1.09 bits per heavy atom. The van der Waals surface area contributed by atoms with Gasteiger partial charge in [-0.25, -0.2) is 13.2 Å². The lowest BCUT2D eigenvalue weighted by Crippen LogP contribution is -2.40. The Labute approximate surface area is 201 Å². The number of carbonyl (C=O) groups is 2. The van der Waals surface area contributed by atoms with Crippen molar-refractivity contribution in [2.45, 2.75) is 4.90 Å². The summed E-state index contributed by atoms with van der Waals surface area (Å²) in [6.07, 6.45) is 2.69. The molecule has 0 saturated carbocycles. The highest BCUT2D eigenvalue weighted by molar-refractivity contribution is 7.89. The lowest BCUT2D eigenvalue weighted by atomic mass is 10.2. The summed E-state index contributed by atoms with van der Waals surface area (Å²) < 4.78 is 47.6. The minimum atomic E-state index is -3.77. The van der Waals surface area contributed by atoms with Crippen molar-refractivity contribution >= 4 is 45.3 Å². The molecular weight excluding hydrogens is 488 g/mol. The Kier molecular flexibility index (Phi) is 7.37. The van der Waals surface area contributed by atoms with Gasteiger partial charge in [0.25, 0.3) is 5.91 Å². The fourth-order valence-electron chi connectivity index (χ4n) is 3.25. The number of fused-ring (bicyclic) bond motifs is 1. The van der Waals surface area contributed by atoms with Crippen LogP contribution in [0.25, 0.3) is 6.08 Å². The molecule has 2 aliphatic rings. The van der Waals surface area contributed by atoms with Crippen LogP contribution in [0.5, 0.6) is 11.5 Å². The van der Waals surface area contributed by atoms with Gasteiger partial charge >= 0.3 is 5.97 Å². The van der Waals surface area contributed by atoms with Gasteiger partial charge < -0.3 is 24.3 Å². The molecule has 1 amide bonds. The van der Waals surface area contributed by atoms with Crippen molar-refractivity contribution in [2.24, 2.45) is 0 Å². The van der Waals surface area contributed by atoms with Gasteiger partial charge in [0.15, 0.2) is 18.1 Å². The third-order valence-electron chi connectivity index (χ3n) is 4.97. The van der Waals surface area contributed by atoms with Crippen LogP contribution in [-0.2, 0) is 29.1 Å². The molecule has 1 fully saturated rings. The maximum atomic E-state index is 12.8. The number of halogens is 1. The minimum absolute atomic E-state index is 0.0160. The molecule has 1 saturated heterocycles. The van der Waals surface area contributed by atoms with Crippen molar-refractivity contribution in [3.63, 3.8) is 0 Å². The number of benzene rings is 2. The van der Waals surface area contributed by atoms with Crippen molar-refractivity contribution in [3.8, 4) is 11.5 Å². The largest absolute Gasteiger partial charge is 0.454 e. The third kappa shape index (κ3) is 5.68. The molecule has 2 aromatic rings. The Bertz CT molecular complexity index is 1230. The van der Waals surface area contributed by atoms with Gasteiger partial charge in [-0.15, -0.1) is 0 Å². The van der Waals surface area contributed by atoms with E-state index in [1.54, 1.807) is 18.2 Å². The Balaban J connectivity index is 1.33. The zero-order valence-corrected chi connectivity index (χ0v) is 19.4. The van der Waals surface area contributed by atoms with E-state index >= 15 is 0 Å². The van der Waals surface area contributed by atoms with Crippen LogP contribution in [0.1, 0.15) is 5.56 Å². The zero-order valence-electron chi connectivity index (χ0n) is 17.9. The second-order valence-electron chi connectivity index (χ2n) is 7.26. The quantitative estimate of drug-likeness (QED) is 0.447. The second-order valence-corrected chi connectivity index (χ2v) is 9.61. The number of ether oxygens (including phenoxy) is 4. The number of sulfonamides is 1. The Hall–Kier alpha value is -3.12. The zero-order chi connectivity index (χ0) is 24.1. The number of nitrogens with zero attached hydrogens (tertiary/aromatic N) is 1. The summed E-state index contributed by atoms with van der Waals surface area (Å²) in [7, 11) is -3.77. The number of nitrogens with one attached hydrogen (secondary N) is 1. The first kappa shape index (κ1) is 24.0. The average Bonchev–Trinajstić information content (AvgIpc) is 3.31. The SMILES string of the molecule is O=C(COC(=O)C=Cc1ccc2c(c1)OCO2)Nc1cc(S(=O)(=O)N2CCOCC2)ccc1Cl. The number of hydrogen-bond donors (Lipinski definition) is 1. The maximum absolute atomic E-state index is 12.8. The molecule has 0 spiro atoms. The molecular formula is C22H21ClN2O8S. The van der Waals surface area contributed by atoms with Crippen molar-refractivity contribution in [2.75, 3.05) is 45.0 Å². The number of esters is 1. The lowest BCUT2D eigenvalue weighted by Gasteiger charge is -2.26. The first-order valence-corrected chi connectivity index (χ1v) is 12.1. The molecule has 0 aromatic heterocycles. The maximum Gasteiger partial charge on any atom is 0.331 e. The predicted octanol–water partition coefficient (Wildman–Crippen LogP) is 2.28. The van der Waals surface area contributed by atoms with Gasteiger partial charge in [0.1, 0.15) is 0 Å². The number of morpholine rings is 1. The highest BCUT2D eigenvalue weighted by Crippen LogP contribution is 2.32. The molecule has 0 radical (unpaired) electrons. The van der Waals surface area contributed by atoms with E-state index in [9.17, 15) is 18.0 Å². The lowest BCUT2D eigenvalue weighted by molar-refractivity contribution is -0.142. The van der Waals surface area contributed by atoms with Gasteiger partial charge in [0.05, 0.1) is 28.8 Å². The van der Waals surface area contributed by atoms with Crippen molar-refractivity contribution in [1.82, 2.24) is 4.31 Å². The Morgan fingerprint density at radius 2 is 1.85 bits per heavy atom. The molecule has 0 atom stereocenters. The van der Waals surface area contributed by atoms with Crippen LogP contribution in [0.2, 0.25) is 5.02 Å². The molecule has 0 aliphatic carbocycles. The average molecular weight is 509 g/mol. The topological polar surface area (TPSA) is 120 Å². The van der Waals surface area contributed by atoms with Crippen molar-refractivity contribution < 1.29 is 37.0 Å². The normalized spacial score (nSPS) is 15.9. The number of anilines is 1. The molecule has 2 aliphatic heterocycles. The van der Waals surface area contributed by atoms with Crippen molar-refractivity contribution in [3.05, 3.63) is 53.1 Å². The first-order valence-electron chi connectivity index (χ1n) is 10.2. The summed E-state index contributed by atoms with van der Waals surface area (Å²) in [4.78, 5) is 24.2. The van der Waals surface area contributed by atoms with Gasteiger partial charge in [-0.1, -0.05) is 17.7 Å². The molecule has 12 heteroatoms. The predicted molar refractivity (Wildman–Crippen MR) is 122 cm³/mol. The summed E-state index contributed by atoms with van der Waals surface area (Å²) >= 11 is 6.12. The molecule has 0 bridgehead atoms. The monoisotopic (exact) mass is 508 g/mol. The van der Waals surface area contributed by atoms with Crippen LogP contribution in [0.3, 0.4) is 0 Å². The van der Waals surface area contributed by atoms with Gasteiger partial charge in [0.2, 0.25) is 16.8 Å². The first-order chi connectivity index (χ1) is 16.3. The third-order valence-corrected chi connectivity index (χ3v) is 7.20. The smallest absolute Gasteiger partial charge is 0.331 e. The Morgan fingerprint density at radius 3 is 2.65 bits per heavy atom. The summed E-state index contributed by atoms with van der Waals surface area (Å²) in [5.41, 5.74) is 0.781. The second kappa shape index (κ2) is 10.4. The van der Waals surface area contributed by atoms with E-state index in [0.29, 0.717) is 30.3 Å². The van der Waals surface area contributed by atoms with E-state index < -0.39 is 28.5 Å². The molecule has 2 aromatic carbocycles. The molecule has 0 unspecified atom stereocenters. The number of carbonyl (C=O) groups excluding carboxylic acids is 2. The summed E-state index contributed by atoms with van der Waals surface area (Å²) in [5.74, 6) is -0.211. The van der Waals surface area contributed by atoms with Gasteiger partial charge in [-0.2, -0.15) is 4.31 Å². The van der Waals surface area contributed by atoms with Crippen LogP contribution >= 0.6 is 11.6 Å². The van der Waals surface area contributed by atoms with E-state index in [-0.39, 0.29) is 35.5 Å². The van der Waals surface area contributed by atoms with E-state index in [0.717, 1.165) is 0 Å². The molecule has 180 valence electrons. The number of rotatable bonds is 7. The number of hydrogen-bond acceptors (Lipinski definition) is 8. The summed E-state index contributed by atoms with van der Waals surface area (Å²) in [6, 6.07) is 9.18. The minimum Gasteiger partial charge on any atom is -0.454 e. The van der Waals surface area contributed by atoms with Gasteiger partial charge in [0, 0.05) is 19.2 Å². The van der Waals surface area contributed by atoms with Crippen LogP contribution in [-0.4, -0.2) is 64.3 Å². The standard InChI is InChI=1S/C22H21ClN2O8S/c23-17-4-3-16(34(28,29)25-7-9-30-10-8-25)12-18(17)24-21(26)13-31-22(27)6-2-15-1-5-19-20(11-15)33-14-32-19/h1-6,11-12H,7-10,13-14H2,(H,24,26). The molecule has 4 rings (SSSR count). The van der Waals surface area contributed by atoms with E-state index in [1.807, 2.05) is 0 Å². The molecule has 1 N–H and O–H groups in total. The molecule has 10 nitrogen and oxygen atoms in total. The fourth-order valence-corrected chi connectivity index (χ4v) is 4.85. The van der Waals surface area contributed by atoms with Crippen LogP contribution in [0.4, 0.5) is 5.69 Å². The summed E-state index contributed by atoms with van der Waals surface area (Å²) in [5, 5.41) is 2.61. The van der Waals surface area contributed by atoms with Crippen LogP contribution in [0, 0.1) is 0 Å². The van der Waals surface area contributed by atoms with Crippen LogP contribution < -0.4 is 14.8 Å². The van der Waals surface area contributed by atoms with E-state index in [2.05, 4.69) is 5.32 Å². The van der Waals surface area contributed by atoms with E-state index in [1.165, 1.54) is 34.7 Å². The molecule has 2 heterocycles. The fraction of sp³-hybridized carbons (Fsp3) is 0.273.